The lowest BCUT2D eigenvalue weighted by atomic mass is 10.0. The Labute approximate surface area is 111 Å². The van der Waals surface area contributed by atoms with Crippen molar-refractivity contribution in [3.05, 3.63) is 23.8 Å². The van der Waals surface area contributed by atoms with Gasteiger partial charge < -0.3 is 15.4 Å². The molecule has 0 aliphatic rings. The van der Waals surface area contributed by atoms with Crippen LogP contribution in [0.2, 0.25) is 0 Å². The molecule has 1 atom stereocenters. The molecule has 0 fully saturated rings. The van der Waals surface area contributed by atoms with Crippen LogP contribution in [0.1, 0.15) is 26.3 Å². The van der Waals surface area contributed by atoms with Gasteiger partial charge in [-0.1, -0.05) is 20.8 Å². The van der Waals surface area contributed by atoms with Crippen molar-refractivity contribution < 1.29 is 4.74 Å². The number of ether oxygens (including phenoxy) is 1. The van der Waals surface area contributed by atoms with Crippen LogP contribution in [0.3, 0.4) is 0 Å². The first-order valence-corrected chi connectivity index (χ1v) is 6.64. The molecular formula is C15H26N2O. The number of hydrogen-bond donors (Lipinski definition) is 1. The van der Waals surface area contributed by atoms with Gasteiger partial charge >= 0.3 is 0 Å². The standard InChI is InChI=1S/C15H26N2O/c1-6-12-9-13(7-8-15(12)18-5)17(4)14(10-16)11(2)3/h7-9,11,14H,6,10,16H2,1-5H3. The lowest BCUT2D eigenvalue weighted by molar-refractivity contribution is 0.410. The van der Waals surface area contributed by atoms with Crippen molar-refractivity contribution in [1.29, 1.82) is 0 Å². The van der Waals surface area contributed by atoms with E-state index in [1.165, 1.54) is 11.3 Å². The van der Waals surface area contributed by atoms with Gasteiger partial charge in [-0.05, 0) is 36.1 Å². The number of benzene rings is 1. The smallest absolute Gasteiger partial charge is 0.122 e. The molecule has 2 N–H and O–H groups in total. The third-order valence-electron chi connectivity index (χ3n) is 3.56. The predicted octanol–water partition coefficient (Wildman–Crippen LogP) is 2.68. The third kappa shape index (κ3) is 3.16. The predicted molar refractivity (Wildman–Crippen MR) is 78.5 cm³/mol. The van der Waals surface area contributed by atoms with Crippen LogP contribution in [0.4, 0.5) is 5.69 Å². The molecule has 3 heteroatoms. The van der Waals surface area contributed by atoms with Crippen LogP contribution in [-0.2, 0) is 6.42 Å². The lowest BCUT2D eigenvalue weighted by Crippen LogP contribution is -2.41. The topological polar surface area (TPSA) is 38.5 Å². The Morgan fingerprint density at radius 2 is 2.00 bits per heavy atom. The molecule has 0 bridgehead atoms. The van der Waals surface area contributed by atoms with Gasteiger partial charge in [0, 0.05) is 25.3 Å². The molecule has 1 aromatic rings. The van der Waals surface area contributed by atoms with E-state index >= 15 is 0 Å². The van der Waals surface area contributed by atoms with Gasteiger partial charge in [0.25, 0.3) is 0 Å². The molecule has 0 radical (unpaired) electrons. The summed E-state index contributed by atoms with van der Waals surface area (Å²) in [5.41, 5.74) is 8.31. The normalized spacial score (nSPS) is 12.6. The maximum absolute atomic E-state index is 5.87. The van der Waals surface area contributed by atoms with Crippen molar-refractivity contribution in [3.63, 3.8) is 0 Å². The highest BCUT2D eigenvalue weighted by Crippen LogP contribution is 2.26. The van der Waals surface area contributed by atoms with E-state index in [0.717, 1.165) is 12.2 Å². The van der Waals surface area contributed by atoms with Crippen molar-refractivity contribution in [1.82, 2.24) is 0 Å². The summed E-state index contributed by atoms with van der Waals surface area (Å²) in [6, 6.07) is 6.70. The number of rotatable bonds is 6. The molecule has 0 spiro atoms. The Bertz CT molecular complexity index is 377. The maximum atomic E-state index is 5.87. The minimum absolute atomic E-state index is 0.364. The van der Waals surface area contributed by atoms with Crippen LogP contribution in [0.25, 0.3) is 0 Å². The highest BCUT2D eigenvalue weighted by Gasteiger charge is 2.18. The van der Waals surface area contributed by atoms with Crippen molar-refractivity contribution in [2.45, 2.75) is 33.2 Å². The van der Waals surface area contributed by atoms with Gasteiger partial charge in [-0.2, -0.15) is 0 Å². The van der Waals surface area contributed by atoms with Crippen LogP contribution < -0.4 is 15.4 Å². The van der Waals surface area contributed by atoms with Crippen molar-refractivity contribution in [2.24, 2.45) is 11.7 Å². The molecule has 1 unspecified atom stereocenters. The molecule has 0 saturated heterocycles. The van der Waals surface area contributed by atoms with Crippen molar-refractivity contribution >= 4 is 5.69 Å². The summed E-state index contributed by atoms with van der Waals surface area (Å²) in [5.74, 6) is 1.50. The minimum Gasteiger partial charge on any atom is -0.496 e. The number of hydrogen-bond acceptors (Lipinski definition) is 3. The minimum atomic E-state index is 0.364. The fraction of sp³-hybridized carbons (Fsp3) is 0.600. The molecule has 1 rings (SSSR count). The van der Waals surface area contributed by atoms with E-state index < -0.39 is 0 Å². The summed E-state index contributed by atoms with van der Waals surface area (Å²) in [6.07, 6.45) is 0.972. The zero-order valence-electron chi connectivity index (χ0n) is 12.2. The first kappa shape index (κ1) is 14.8. The van der Waals surface area contributed by atoms with Crippen molar-refractivity contribution in [2.75, 3.05) is 25.6 Å². The molecule has 3 nitrogen and oxygen atoms in total. The summed E-state index contributed by atoms with van der Waals surface area (Å²) in [6.45, 7) is 7.22. The summed E-state index contributed by atoms with van der Waals surface area (Å²) >= 11 is 0. The van der Waals surface area contributed by atoms with E-state index in [9.17, 15) is 0 Å². The second-order valence-electron chi connectivity index (χ2n) is 5.01. The second kappa shape index (κ2) is 6.64. The first-order valence-electron chi connectivity index (χ1n) is 6.64. The fourth-order valence-electron chi connectivity index (χ4n) is 2.33. The van der Waals surface area contributed by atoms with Crippen LogP contribution >= 0.6 is 0 Å². The molecule has 0 saturated carbocycles. The third-order valence-corrected chi connectivity index (χ3v) is 3.56. The largest absolute Gasteiger partial charge is 0.496 e. The molecule has 102 valence electrons. The fourth-order valence-corrected chi connectivity index (χ4v) is 2.33. The number of anilines is 1. The highest BCUT2D eigenvalue weighted by molar-refractivity contribution is 5.53. The molecular weight excluding hydrogens is 224 g/mol. The summed E-state index contributed by atoms with van der Waals surface area (Å²) in [5, 5.41) is 0. The average molecular weight is 250 g/mol. The summed E-state index contributed by atoms with van der Waals surface area (Å²) < 4.78 is 5.36. The SMILES string of the molecule is CCc1cc(N(C)C(CN)C(C)C)ccc1OC. The molecule has 18 heavy (non-hydrogen) atoms. The van der Waals surface area contributed by atoms with Crippen LogP contribution in [0, 0.1) is 5.92 Å². The zero-order valence-corrected chi connectivity index (χ0v) is 12.2. The summed E-state index contributed by atoms with van der Waals surface area (Å²) in [4.78, 5) is 2.27. The van der Waals surface area contributed by atoms with Gasteiger partial charge in [-0.15, -0.1) is 0 Å². The monoisotopic (exact) mass is 250 g/mol. The van der Waals surface area contributed by atoms with Crippen LogP contribution in [-0.4, -0.2) is 26.7 Å². The Morgan fingerprint density at radius 1 is 1.33 bits per heavy atom. The molecule has 0 heterocycles. The van der Waals surface area contributed by atoms with E-state index in [1.54, 1.807) is 7.11 Å². The van der Waals surface area contributed by atoms with E-state index in [1.807, 2.05) is 6.07 Å². The van der Waals surface area contributed by atoms with Crippen LogP contribution in [0.5, 0.6) is 5.75 Å². The van der Waals surface area contributed by atoms with Gasteiger partial charge in [0.2, 0.25) is 0 Å². The lowest BCUT2D eigenvalue weighted by Gasteiger charge is -2.32. The summed E-state index contributed by atoms with van der Waals surface area (Å²) in [7, 11) is 3.83. The quantitative estimate of drug-likeness (QED) is 0.843. The second-order valence-corrected chi connectivity index (χ2v) is 5.01. The Kier molecular flexibility index (Phi) is 5.48. The molecule has 0 aromatic heterocycles. The van der Waals surface area contributed by atoms with E-state index in [0.29, 0.717) is 18.5 Å². The van der Waals surface area contributed by atoms with Gasteiger partial charge in [0.15, 0.2) is 0 Å². The van der Waals surface area contributed by atoms with Gasteiger partial charge in [-0.25, -0.2) is 0 Å². The first-order chi connectivity index (χ1) is 8.54. The van der Waals surface area contributed by atoms with E-state index in [2.05, 4.69) is 44.9 Å². The Balaban J connectivity index is 3.02. The van der Waals surface area contributed by atoms with Crippen LogP contribution in [0.15, 0.2) is 18.2 Å². The molecule has 0 amide bonds. The number of aryl methyl sites for hydroxylation is 1. The average Bonchev–Trinajstić information content (AvgIpc) is 2.38. The van der Waals surface area contributed by atoms with Gasteiger partial charge in [-0.3, -0.25) is 0 Å². The van der Waals surface area contributed by atoms with E-state index in [-0.39, 0.29) is 0 Å². The van der Waals surface area contributed by atoms with Gasteiger partial charge in [0.1, 0.15) is 5.75 Å². The maximum Gasteiger partial charge on any atom is 0.122 e. The molecule has 0 aliphatic heterocycles. The zero-order chi connectivity index (χ0) is 13.7. The highest BCUT2D eigenvalue weighted by atomic mass is 16.5. The number of nitrogens with two attached hydrogens (primary N) is 1. The number of methoxy groups -OCH3 is 1. The molecule has 1 aromatic carbocycles. The Morgan fingerprint density at radius 3 is 2.44 bits per heavy atom. The van der Waals surface area contributed by atoms with E-state index in [4.69, 9.17) is 10.5 Å². The number of nitrogens with zero attached hydrogens (tertiary/aromatic N) is 1. The van der Waals surface area contributed by atoms with Crippen molar-refractivity contribution in [3.8, 4) is 5.75 Å². The Hall–Kier alpha value is -1.22. The van der Waals surface area contributed by atoms with Gasteiger partial charge in [0.05, 0.1) is 7.11 Å². The molecule has 0 aliphatic carbocycles. The number of likely N-dealkylation sites (N-methyl/N-ethyl adjacent to an activating group) is 1.